The van der Waals surface area contributed by atoms with E-state index in [1.807, 2.05) is 4.90 Å². The van der Waals surface area contributed by atoms with Crippen molar-refractivity contribution >= 4 is 39.7 Å². The Bertz CT molecular complexity index is 937. The molecule has 1 N–H and O–H groups in total. The number of carbonyl (C=O) groups excluding carboxylic acids is 2. The van der Waals surface area contributed by atoms with Gasteiger partial charge in [0, 0.05) is 24.7 Å². The second kappa shape index (κ2) is 8.99. The maximum atomic E-state index is 12.6. The molecular formula is C19H22N4O5S. The van der Waals surface area contributed by atoms with E-state index in [1.54, 1.807) is 26.0 Å². The van der Waals surface area contributed by atoms with Crippen molar-refractivity contribution in [2.45, 2.75) is 33.1 Å². The first-order chi connectivity index (χ1) is 13.9. The third-order valence-electron chi connectivity index (χ3n) is 4.61. The number of nitro groups is 1. The third-order valence-corrected chi connectivity index (χ3v) is 5.66. The number of ether oxygens (including phenoxy) is 1. The minimum absolute atomic E-state index is 0.0953. The van der Waals surface area contributed by atoms with E-state index in [2.05, 4.69) is 10.3 Å². The van der Waals surface area contributed by atoms with Crippen LogP contribution in [0.3, 0.4) is 0 Å². The molecule has 1 saturated heterocycles. The topological polar surface area (TPSA) is 115 Å². The van der Waals surface area contributed by atoms with Gasteiger partial charge in [0.1, 0.15) is 10.6 Å². The molecule has 154 valence electrons. The van der Waals surface area contributed by atoms with Gasteiger partial charge in [-0.2, -0.15) is 0 Å². The number of amides is 1. The zero-order valence-corrected chi connectivity index (χ0v) is 17.1. The Morgan fingerprint density at radius 1 is 1.31 bits per heavy atom. The zero-order valence-electron chi connectivity index (χ0n) is 16.3. The van der Waals surface area contributed by atoms with Gasteiger partial charge >= 0.3 is 5.97 Å². The van der Waals surface area contributed by atoms with Crippen molar-refractivity contribution in [2.24, 2.45) is 0 Å². The standard InChI is InChI=1S/C19H22N4O5S/c1-3-28-18(25)16-12(2)20-19(29-16)21-17(24)13-7-8-14(15(11-13)23(26)27)22-9-5-4-6-10-22/h7-8,11H,3-6,9-10H2,1-2H3,(H,20,21,24). The maximum absolute atomic E-state index is 12.6. The number of nitro benzene ring substituents is 1. The van der Waals surface area contributed by atoms with Crippen molar-refractivity contribution in [1.29, 1.82) is 0 Å². The number of hydrogen-bond acceptors (Lipinski definition) is 8. The molecule has 9 nitrogen and oxygen atoms in total. The highest BCUT2D eigenvalue weighted by atomic mass is 32.1. The normalized spacial score (nSPS) is 13.8. The van der Waals surface area contributed by atoms with Crippen molar-refractivity contribution in [3.8, 4) is 0 Å². The van der Waals surface area contributed by atoms with Crippen molar-refractivity contribution in [3.05, 3.63) is 44.4 Å². The summed E-state index contributed by atoms with van der Waals surface area (Å²) in [4.78, 5) is 42.1. The fourth-order valence-corrected chi connectivity index (χ4v) is 4.07. The Morgan fingerprint density at radius 3 is 2.69 bits per heavy atom. The summed E-state index contributed by atoms with van der Waals surface area (Å²) in [5, 5.41) is 14.4. The number of aryl methyl sites for hydroxylation is 1. The van der Waals surface area contributed by atoms with Gasteiger partial charge in [-0.1, -0.05) is 11.3 Å². The average molecular weight is 418 g/mol. The molecule has 1 aliphatic heterocycles. The molecule has 0 bridgehead atoms. The van der Waals surface area contributed by atoms with Gasteiger partial charge < -0.3 is 9.64 Å². The Hall–Kier alpha value is -3.01. The summed E-state index contributed by atoms with van der Waals surface area (Å²) in [5.41, 5.74) is 1.04. The molecule has 0 spiro atoms. The lowest BCUT2D eigenvalue weighted by Gasteiger charge is -2.28. The van der Waals surface area contributed by atoms with Gasteiger partial charge in [0.2, 0.25) is 0 Å². The monoisotopic (exact) mass is 418 g/mol. The van der Waals surface area contributed by atoms with Crippen LogP contribution in [-0.4, -0.2) is 41.5 Å². The molecule has 1 amide bonds. The molecule has 1 aromatic heterocycles. The molecule has 0 atom stereocenters. The van der Waals surface area contributed by atoms with Crippen LogP contribution in [0.4, 0.5) is 16.5 Å². The second-order valence-corrected chi connectivity index (χ2v) is 7.62. The predicted molar refractivity (Wildman–Crippen MR) is 110 cm³/mol. The number of thiazole rings is 1. The third kappa shape index (κ3) is 4.70. The lowest BCUT2D eigenvalue weighted by atomic mass is 10.1. The molecule has 2 aromatic rings. The number of nitrogens with zero attached hydrogens (tertiary/aromatic N) is 3. The number of anilines is 2. The van der Waals surface area contributed by atoms with Crippen LogP contribution in [0.2, 0.25) is 0 Å². The molecule has 0 radical (unpaired) electrons. The summed E-state index contributed by atoms with van der Waals surface area (Å²) in [5.74, 6) is -1.02. The zero-order chi connectivity index (χ0) is 21.0. The summed E-state index contributed by atoms with van der Waals surface area (Å²) < 4.78 is 4.96. The van der Waals surface area contributed by atoms with Crippen LogP contribution in [0.5, 0.6) is 0 Å². The van der Waals surface area contributed by atoms with Crippen molar-refractivity contribution in [3.63, 3.8) is 0 Å². The quantitative estimate of drug-likeness (QED) is 0.431. The summed E-state index contributed by atoms with van der Waals surface area (Å²) in [6.45, 7) is 5.13. The number of nitrogens with one attached hydrogen (secondary N) is 1. The molecule has 1 fully saturated rings. The number of hydrogen-bond donors (Lipinski definition) is 1. The highest BCUT2D eigenvalue weighted by Crippen LogP contribution is 2.32. The van der Waals surface area contributed by atoms with Gasteiger partial charge in [-0.05, 0) is 45.2 Å². The van der Waals surface area contributed by atoms with E-state index in [9.17, 15) is 19.7 Å². The number of benzene rings is 1. The van der Waals surface area contributed by atoms with Gasteiger partial charge in [0.05, 0.1) is 17.2 Å². The highest BCUT2D eigenvalue weighted by molar-refractivity contribution is 7.17. The van der Waals surface area contributed by atoms with E-state index >= 15 is 0 Å². The van der Waals surface area contributed by atoms with Gasteiger partial charge in [0.15, 0.2) is 5.13 Å². The van der Waals surface area contributed by atoms with Crippen LogP contribution in [0.1, 0.15) is 51.9 Å². The van der Waals surface area contributed by atoms with Crippen LogP contribution in [0.25, 0.3) is 0 Å². The fourth-order valence-electron chi connectivity index (χ4n) is 3.22. The molecule has 10 heteroatoms. The molecule has 0 unspecified atom stereocenters. The molecule has 1 aliphatic rings. The van der Waals surface area contributed by atoms with Crippen LogP contribution in [0, 0.1) is 17.0 Å². The number of aromatic nitrogens is 1. The first kappa shape index (κ1) is 20.7. The van der Waals surface area contributed by atoms with E-state index in [-0.39, 0.29) is 23.0 Å². The van der Waals surface area contributed by atoms with E-state index < -0.39 is 16.8 Å². The summed E-state index contributed by atoms with van der Waals surface area (Å²) >= 11 is 1.01. The van der Waals surface area contributed by atoms with Gasteiger partial charge in [-0.15, -0.1) is 0 Å². The Morgan fingerprint density at radius 2 is 2.03 bits per heavy atom. The second-order valence-electron chi connectivity index (χ2n) is 6.62. The number of rotatable bonds is 6. The van der Waals surface area contributed by atoms with Gasteiger partial charge in [-0.25, -0.2) is 9.78 Å². The van der Waals surface area contributed by atoms with Crippen LogP contribution >= 0.6 is 11.3 Å². The van der Waals surface area contributed by atoms with Gasteiger partial charge in [-0.3, -0.25) is 20.2 Å². The maximum Gasteiger partial charge on any atom is 0.350 e. The van der Waals surface area contributed by atoms with Crippen molar-refractivity contribution in [2.75, 3.05) is 29.9 Å². The molecule has 3 rings (SSSR count). The van der Waals surface area contributed by atoms with E-state index in [4.69, 9.17) is 4.74 Å². The molecule has 0 saturated carbocycles. The Balaban J connectivity index is 1.80. The predicted octanol–water partition coefficient (Wildman–Crippen LogP) is 3.78. The molecule has 2 heterocycles. The number of esters is 1. The average Bonchev–Trinajstić information content (AvgIpc) is 3.08. The molecule has 0 aliphatic carbocycles. The first-order valence-electron chi connectivity index (χ1n) is 9.40. The summed E-state index contributed by atoms with van der Waals surface area (Å²) in [6, 6.07) is 4.47. The van der Waals surface area contributed by atoms with E-state index in [1.165, 1.54) is 6.07 Å². The molecule has 1 aromatic carbocycles. The summed E-state index contributed by atoms with van der Waals surface area (Å²) in [7, 11) is 0. The number of piperidine rings is 1. The Kier molecular flexibility index (Phi) is 6.42. The SMILES string of the molecule is CCOC(=O)c1sc(NC(=O)c2ccc(N3CCCCC3)c([N+](=O)[O-])c2)nc1C. The number of carbonyl (C=O) groups is 2. The lowest BCUT2D eigenvalue weighted by molar-refractivity contribution is -0.384. The van der Waals surface area contributed by atoms with Crippen LogP contribution in [-0.2, 0) is 4.74 Å². The lowest BCUT2D eigenvalue weighted by Crippen LogP contribution is -2.30. The largest absolute Gasteiger partial charge is 0.462 e. The smallest absolute Gasteiger partial charge is 0.350 e. The minimum atomic E-state index is -0.526. The van der Waals surface area contributed by atoms with Crippen molar-refractivity contribution < 1.29 is 19.2 Å². The van der Waals surface area contributed by atoms with Crippen molar-refractivity contribution in [1.82, 2.24) is 4.98 Å². The highest BCUT2D eigenvalue weighted by Gasteiger charge is 2.24. The van der Waals surface area contributed by atoms with E-state index in [0.29, 0.717) is 16.3 Å². The first-order valence-corrected chi connectivity index (χ1v) is 10.2. The van der Waals surface area contributed by atoms with Gasteiger partial charge in [0.25, 0.3) is 11.6 Å². The minimum Gasteiger partial charge on any atom is -0.462 e. The molecule has 29 heavy (non-hydrogen) atoms. The summed E-state index contributed by atoms with van der Waals surface area (Å²) in [6.07, 6.45) is 3.10. The Labute approximate surface area is 171 Å². The fraction of sp³-hybridized carbons (Fsp3) is 0.421. The van der Waals surface area contributed by atoms with Crippen LogP contribution < -0.4 is 10.2 Å². The van der Waals surface area contributed by atoms with Crippen LogP contribution in [0.15, 0.2) is 18.2 Å². The molecular weight excluding hydrogens is 396 g/mol. The van der Waals surface area contributed by atoms with E-state index in [0.717, 1.165) is 43.7 Å².